The van der Waals surface area contributed by atoms with Crippen LogP contribution in [0.3, 0.4) is 0 Å². The van der Waals surface area contributed by atoms with Crippen molar-refractivity contribution in [3.05, 3.63) is 29.3 Å². The topological polar surface area (TPSA) is 113 Å². The molecule has 1 aliphatic carbocycles. The Morgan fingerprint density at radius 3 is 2.45 bits per heavy atom. The van der Waals surface area contributed by atoms with Crippen molar-refractivity contribution < 1.29 is 23.1 Å². The Morgan fingerprint density at radius 2 is 1.95 bits per heavy atom. The molecule has 1 amide bonds. The molecule has 0 bridgehead atoms. The van der Waals surface area contributed by atoms with Gasteiger partial charge < -0.3 is 10.4 Å². The molecule has 1 aromatic rings. The molecule has 1 aliphatic rings. The predicted octanol–water partition coefficient (Wildman–Crippen LogP) is 0.961. The smallest absolute Gasteiger partial charge is 0.311 e. The summed E-state index contributed by atoms with van der Waals surface area (Å²) in [5.41, 5.74) is 0.269. The largest absolute Gasteiger partial charge is 0.481 e. The molecule has 0 spiro atoms. The maximum atomic E-state index is 12.3. The van der Waals surface area contributed by atoms with Gasteiger partial charge in [-0.1, -0.05) is 11.6 Å². The Balaban J connectivity index is 2.18. The zero-order valence-corrected chi connectivity index (χ0v) is 13.2. The number of aliphatic carboxylic acids is 1. The molecule has 0 atom stereocenters. The van der Waals surface area contributed by atoms with E-state index >= 15 is 0 Å². The number of rotatable bonds is 6. The van der Waals surface area contributed by atoms with E-state index in [1.807, 2.05) is 0 Å². The molecule has 0 saturated heterocycles. The number of carboxylic acid groups (broad SMARTS) is 1. The van der Waals surface area contributed by atoms with Gasteiger partial charge >= 0.3 is 5.97 Å². The Morgan fingerprint density at radius 1 is 1.32 bits per heavy atom. The average Bonchev–Trinajstić information content (AvgIpc) is 3.18. The molecule has 1 fully saturated rings. The molecule has 22 heavy (non-hydrogen) atoms. The van der Waals surface area contributed by atoms with E-state index < -0.39 is 27.3 Å². The van der Waals surface area contributed by atoms with Crippen LogP contribution in [0.2, 0.25) is 0 Å². The number of hydrogen-bond acceptors (Lipinski definition) is 4. The molecule has 0 unspecified atom stereocenters. The Kier molecular flexibility index (Phi) is 4.15. The van der Waals surface area contributed by atoms with E-state index in [2.05, 4.69) is 10.0 Å². The van der Waals surface area contributed by atoms with Crippen molar-refractivity contribution in [2.75, 3.05) is 17.5 Å². The van der Waals surface area contributed by atoms with Gasteiger partial charge in [0.2, 0.25) is 10.0 Å². The first-order valence-corrected chi connectivity index (χ1v) is 8.62. The zero-order valence-electron chi connectivity index (χ0n) is 12.3. The fraction of sp³-hybridized carbons (Fsp3) is 0.429. The number of benzene rings is 1. The number of carbonyl (C=O) groups excluding carboxylic acids is 1. The van der Waals surface area contributed by atoms with E-state index in [-0.39, 0.29) is 17.8 Å². The van der Waals surface area contributed by atoms with Crippen molar-refractivity contribution in [1.82, 2.24) is 5.32 Å². The van der Waals surface area contributed by atoms with Gasteiger partial charge in [0.15, 0.2) is 0 Å². The number of hydrogen-bond donors (Lipinski definition) is 3. The van der Waals surface area contributed by atoms with Gasteiger partial charge in [-0.25, -0.2) is 8.42 Å². The van der Waals surface area contributed by atoms with Crippen LogP contribution in [-0.4, -0.2) is 38.2 Å². The van der Waals surface area contributed by atoms with Crippen molar-refractivity contribution >= 4 is 27.6 Å². The number of carboxylic acids is 1. The highest BCUT2D eigenvalue weighted by Gasteiger charge is 2.50. The summed E-state index contributed by atoms with van der Waals surface area (Å²) >= 11 is 0. The van der Waals surface area contributed by atoms with Crippen LogP contribution in [0.25, 0.3) is 0 Å². The molecule has 0 heterocycles. The highest BCUT2D eigenvalue weighted by atomic mass is 32.2. The van der Waals surface area contributed by atoms with Crippen LogP contribution in [0, 0.1) is 12.3 Å². The van der Waals surface area contributed by atoms with Gasteiger partial charge in [0, 0.05) is 6.54 Å². The van der Waals surface area contributed by atoms with Crippen LogP contribution >= 0.6 is 0 Å². The molecule has 120 valence electrons. The van der Waals surface area contributed by atoms with Gasteiger partial charge in [-0.05, 0) is 31.9 Å². The van der Waals surface area contributed by atoms with Gasteiger partial charge in [-0.15, -0.1) is 0 Å². The highest BCUT2D eigenvalue weighted by Crippen LogP contribution is 2.45. The third-order valence-corrected chi connectivity index (χ3v) is 4.20. The molecule has 1 aromatic carbocycles. The number of sulfonamides is 1. The van der Waals surface area contributed by atoms with Gasteiger partial charge in [-0.3, -0.25) is 14.3 Å². The molecule has 0 aromatic heterocycles. The predicted molar refractivity (Wildman–Crippen MR) is 81.3 cm³/mol. The first kappa shape index (κ1) is 16.3. The van der Waals surface area contributed by atoms with Crippen LogP contribution < -0.4 is 10.0 Å². The van der Waals surface area contributed by atoms with Gasteiger partial charge in [0.25, 0.3) is 5.91 Å². The monoisotopic (exact) mass is 326 g/mol. The molecule has 0 aliphatic heterocycles. The lowest BCUT2D eigenvalue weighted by molar-refractivity contribution is -0.143. The van der Waals surface area contributed by atoms with Crippen molar-refractivity contribution in [2.45, 2.75) is 19.8 Å². The van der Waals surface area contributed by atoms with E-state index in [9.17, 15) is 18.0 Å². The summed E-state index contributed by atoms with van der Waals surface area (Å²) in [7, 11) is -3.51. The second-order valence-corrected chi connectivity index (χ2v) is 7.44. The minimum atomic E-state index is -3.51. The van der Waals surface area contributed by atoms with Crippen molar-refractivity contribution in [2.24, 2.45) is 5.41 Å². The van der Waals surface area contributed by atoms with E-state index in [0.717, 1.165) is 11.8 Å². The molecule has 3 N–H and O–H groups in total. The Bertz CT molecular complexity index is 723. The molecule has 8 heteroatoms. The molecular formula is C14H18N2O5S. The summed E-state index contributed by atoms with van der Waals surface area (Å²) in [6, 6.07) is 4.75. The molecule has 1 saturated carbocycles. The minimum Gasteiger partial charge on any atom is -0.481 e. The lowest BCUT2D eigenvalue weighted by Gasteiger charge is -2.14. The Labute approximate surface area is 128 Å². The van der Waals surface area contributed by atoms with Crippen LogP contribution in [-0.2, 0) is 14.8 Å². The zero-order chi connectivity index (χ0) is 16.5. The first-order chi connectivity index (χ1) is 10.1. The molecule has 2 rings (SSSR count). The van der Waals surface area contributed by atoms with Crippen molar-refractivity contribution in [3.8, 4) is 0 Å². The van der Waals surface area contributed by atoms with Crippen molar-refractivity contribution in [3.63, 3.8) is 0 Å². The first-order valence-electron chi connectivity index (χ1n) is 6.73. The van der Waals surface area contributed by atoms with Crippen molar-refractivity contribution in [1.29, 1.82) is 0 Å². The number of anilines is 1. The van der Waals surface area contributed by atoms with Gasteiger partial charge in [0.1, 0.15) is 0 Å². The van der Waals surface area contributed by atoms with E-state index in [0.29, 0.717) is 12.8 Å². The normalized spacial score (nSPS) is 15.9. The number of amides is 1. The minimum absolute atomic E-state index is 0.0351. The molecule has 7 nitrogen and oxygen atoms in total. The summed E-state index contributed by atoms with van der Waals surface area (Å²) in [4.78, 5) is 23.4. The third kappa shape index (κ3) is 3.76. The second kappa shape index (κ2) is 5.60. The van der Waals surface area contributed by atoms with Gasteiger partial charge in [0.05, 0.1) is 22.9 Å². The lowest BCUT2D eigenvalue weighted by atomic mass is 10.1. The summed E-state index contributed by atoms with van der Waals surface area (Å²) in [6.45, 7) is 1.81. The van der Waals surface area contributed by atoms with Crippen LogP contribution in [0.4, 0.5) is 5.69 Å². The number of aryl methyl sites for hydroxylation is 1. The summed E-state index contributed by atoms with van der Waals surface area (Å²) in [5, 5.41) is 11.7. The fourth-order valence-corrected chi connectivity index (χ4v) is 2.67. The maximum Gasteiger partial charge on any atom is 0.311 e. The molecule has 0 radical (unpaired) electrons. The maximum absolute atomic E-state index is 12.3. The third-order valence-electron chi connectivity index (χ3n) is 3.61. The number of nitrogens with one attached hydrogen (secondary N) is 2. The lowest BCUT2D eigenvalue weighted by Crippen LogP contribution is -2.34. The fourth-order valence-electron chi connectivity index (χ4n) is 2.10. The van der Waals surface area contributed by atoms with E-state index in [1.165, 1.54) is 6.07 Å². The van der Waals surface area contributed by atoms with Gasteiger partial charge in [-0.2, -0.15) is 0 Å². The number of carbonyl (C=O) groups is 2. The molecular weight excluding hydrogens is 308 g/mol. The standard InChI is InChI=1S/C14H18N2O5S/c1-9-3-4-11(16-22(2,20)21)10(7-9)12(17)15-8-14(5-6-14)13(18)19/h3-4,7,16H,5-6,8H2,1-2H3,(H,15,17)(H,18,19). The van der Waals surface area contributed by atoms with Crippen LogP contribution in [0.5, 0.6) is 0 Å². The quantitative estimate of drug-likeness (QED) is 0.721. The summed E-state index contributed by atoms with van der Waals surface area (Å²) < 4.78 is 25.0. The average molecular weight is 326 g/mol. The van der Waals surface area contributed by atoms with Crippen LogP contribution in [0.15, 0.2) is 18.2 Å². The van der Waals surface area contributed by atoms with Crippen LogP contribution in [0.1, 0.15) is 28.8 Å². The Hall–Kier alpha value is -2.09. The van der Waals surface area contributed by atoms with E-state index in [1.54, 1.807) is 19.1 Å². The van der Waals surface area contributed by atoms with E-state index in [4.69, 9.17) is 5.11 Å². The SMILES string of the molecule is Cc1ccc(NS(C)(=O)=O)c(C(=O)NCC2(C(=O)O)CC2)c1. The summed E-state index contributed by atoms with van der Waals surface area (Å²) in [6.07, 6.45) is 2.06. The summed E-state index contributed by atoms with van der Waals surface area (Å²) in [5.74, 6) is -1.42. The second-order valence-electron chi connectivity index (χ2n) is 5.69. The highest BCUT2D eigenvalue weighted by molar-refractivity contribution is 7.92.